The normalized spacial score (nSPS) is 14.7. The van der Waals surface area contributed by atoms with Crippen molar-refractivity contribution in [1.82, 2.24) is 29.0 Å². The molecular formula is C27H28ClF3N8O4. The van der Waals surface area contributed by atoms with E-state index in [0.29, 0.717) is 23.6 Å². The van der Waals surface area contributed by atoms with Gasteiger partial charge in [-0.25, -0.2) is 9.97 Å². The number of hydrogen-bond donors (Lipinski definition) is 2. The van der Waals surface area contributed by atoms with Crippen molar-refractivity contribution in [3.8, 4) is 11.5 Å². The third-order valence-corrected chi connectivity index (χ3v) is 7.07. The Morgan fingerprint density at radius 3 is 2.65 bits per heavy atom. The fourth-order valence-electron chi connectivity index (χ4n) is 4.39. The Balaban J connectivity index is 1.32. The first-order chi connectivity index (χ1) is 20.5. The van der Waals surface area contributed by atoms with Crippen molar-refractivity contribution in [2.75, 3.05) is 44.8 Å². The molecule has 4 aromatic heterocycles. The second-order valence-electron chi connectivity index (χ2n) is 9.60. The maximum absolute atomic E-state index is 13.3. The molecular weight excluding hydrogens is 593 g/mol. The number of ether oxygens (including phenoxy) is 3. The number of nitrogens with one attached hydrogen (secondary N) is 1. The molecule has 0 atom stereocenters. The van der Waals surface area contributed by atoms with Gasteiger partial charge in [0, 0.05) is 46.1 Å². The molecule has 16 heteroatoms. The van der Waals surface area contributed by atoms with E-state index < -0.39 is 17.3 Å². The number of nitrogens with zero attached hydrogens (tertiary/aromatic N) is 6. The zero-order chi connectivity index (χ0) is 30.7. The highest BCUT2D eigenvalue weighted by molar-refractivity contribution is 6.36. The van der Waals surface area contributed by atoms with Gasteiger partial charge in [-0.3, -0.25) is 9.69 Å². The summed E-state index contributed by atoms with van der Waals surface area (Å²) < 4.78 is 59.3. The molecule has 1 saturated heterocycles. The molecule has 0 saturated carbocycles. The van der Waals surface area contributed by atoms with Crippen LogP contribution in [0.3, 0.4) is 0 Å². The van der Waals surface area contributed by atoms with Crippen LogP contribution in [0.5, 0.6) is 11.5 Å². The summed E-state index contributed by atoms with van der Waals surface area (Å²) in [6, 6.07) is 4.15. The number of halogens is 4. The monoisotopic (exact) mass is 620 g/mol. The van der Waals surface area contributed by atoms with Crippen LogP contribution in [0.2, 0.25) is 5.02 Å². The number of rotatable bonds is 9. The lowest BCUT2D eigenvalue weighted by Gasteiger charge is -2.26. The van der Waals surface area contributed by atoms with Gasteiger partial charge in [0.25, 0.3) is 5.56 Å². The third kappa shape index (κ3) is 6.68. The Hall–Kier alpha value is -4.34. The Labute approximate surface area is 248 Å². The van der Waals surface area contributed by atoms with Crippen LogP contribution < -0.4 is 26.1 Å². The summed E-state index contributed by atoms with van der Waals surface area (Å²) in [5.41, 5.74) is 4.71. The zero-order valence-electron chi connectivity index (χ0n) is 23.2. The van der Waals surface area contributed by atoms with Crippen molar-refractivity contribution < 1.29 is 27.4 Å². The second-order valence-corrected chi connectivity index (χ2v) is 9.98. The van der Waals surface area contributed by atoms with Crippen LogP contribution in [-0.4, -0.2) is 68.4 Å². The van der Waals surface area contributed by atoms with E-state index in [1.807, 2.05) is 0 Å². The van der Waals surface area contributed by atoms with Gasteiger partial charge < -0.3 is 34.4 Å². The van der Waals surface area contributed by atoms with Crippen LogP contribution in [0, 0.1) is 0 Å². The molecule has 1 fully saturated rings. The van der Waals surface area contributed by atoms with E-state index in [2.05, 4.69) is 25.2 Å². The molecule has 5 heterocycles. The van der Waals surface area contributed by atoms with Crippen molar-refractivity contribution in [2.45, 2.75) is 6.18 Å². The van der Waals surface area contributed by atoms with Gasteiger partial charge in [0.15, 0.2) is 17.2 Å². The topological polar surface area (TPSA) is 135 Å². The van der Waals surface area contributed by atoms with Gasteiger partial charge in [-0.1, -0.05) is 11.6 Å². The summed E-state index contributed by atoms with van der Waals surface area (Å²) in [5, 5.41) is 2.77. The molecule has 0 aliphatic carbocycles. The predicted octanol–water partition coefficient (Wildman–Crippen LogP) is 3.52. The smallest absolute Gasteiger partial charge is 0.417 e. The average Bonchev–Trinajstić information content (AvgIpc) is 3.30. The van der Waals surface area contributed by atoms with Crippen molar-refractivity contribution >= 4 is 40.2 Å². The number of anilines is 2. The van der Waals surface area contributed by atoms with Crippen LogP contribution in [0.4, 0.5) is 24.8 Å². The fourth-order valence-corrected chi connectivity index (χ4v) is 4.69. The summed E-state index contributed by atoms with van der Waals surface area (Å²) in [7, 11) is 2.79. The minimum Gasteiger partial charge on any atom is -0.491 e. The van der Waals surface area contributed by atoms with Gasteiger partial charge in [-0.2, -0.15) is 18.2 Å². The van der Waals surface area contributed by atoms with Crippen LogP contribution in [0.25, 0.3) is 16.9 Å². The van der Waals surface area contributed by atoms with E-state index in [-0.39, 0.29) is 33.8 Å². The van der Waals surface area contributed by atoms with E-state index in [0.717, 1.165) is 49.7 Å². The summed E-state index contributed by atoms with van der Waals surface area (Å²) in [6.45, 7) is 4.46. The molecule has 3 N–H and O–H groups in total. The lowest BCUT2D eigenvalue weighted by Crippen LogP contribution is -2.38. The fraction of sp³-hybridized carbons (Fsp3) is 0.333. The maximum atomic E-state index is 13.3. The van der Waals surface area contributed by atoms with Crippen molar-refractivity contribution in [3.05, 3.63) is 69.6 Å². The molecule has 0 bridgehead atoms. The van der Waals surface area contributed by atoms with Gasteiger partial charge in [-0.15, -0.1) is 0 Å². The standard InChI is InChI=1S/C27H28ClF3N8O4/c1-37-15-16(27(29,30)31)11-19(25(37)40)35-26-36-24-23(38(26)2)22(28)21(14-34-24)43-20(12-32)18-4-3-17(13-33-18)42-10-7-39-5-8-41-9-6-39/h3-4,11-15H,5-10,32H2,1-2H3,(H,34,35,36). The molecule has 1 aliphatic heterocycles. The molecule has 228 valence electrons. The van der Waals surface area contributed by atoms with Crippen LogP contribution in [0.15, 0.2) is 47.8 Å². The first-order valence-electron chi connectivity index (χ1n) is 13.1. The predicted molar refractivity (Wildman–Crippen MR) is 153 cm³/mol. The van der Waals surface area contributed by atoms with Gasteiger partial charge in [-0.05, 0) is 18.2 Å². The minimum absolute atomic E-state index is 0.0402. The zero-order valence-corrected chi connectivity index (χ0v) is 23.9. The lowest BCUT2D eigenvalue weighted by molar-refractivity contribution is -0.138. The van der Waals surface area contributed by atoms with E-state index in [4.69, 9.17) is 31.5 Å². The van der Waals surface area contributed by atoms with Crippen molar-refractivity contribution in [2.24, 2.45) is 19.8 Å². The number of hydrogen-bond acceptors (Lipinski definition) is 10. The number of aryl methyl sites for hydroxylation is 2. The highest BCUT2D eigenvalue weighted by Crippen LogP contribution is 2.35. The van der Waals surface area contributed by atoms with E-state index in [1.165, 1.54) is 24.0 Å². The van der Waals surface area contributed by atoms with Gasteiger partial charge in [0.05, 0.1) is 31.2 Å². The van der Waals surface area contributed by atoms with Crippen LogP contribution in [-0.2, 0) is 25.0 Å². The molecule has 4 aromatic rings. The summed E-state index contributed by atoms with van der Waals surface area (Å²) in [5.74, 6) is 0.942. The highest BCUT2D eigenvalue weighted by Gasteiger charge is 2.32. The molecule has 0 unspecified atom stereocenters. The van der Waals surface area contributed by atoms with E-state index >= 15 is 0 Å². The van der Waals surface area contributed by atoms with Gasteiger partial charge in [0.2, 0.25) is 5.95 Å². The number of alkyl halides is 3. The number of pyridine rings is 3. The Kier molecular flexibility index (Phi) is 8.75. The lowest BCUT2D eigenvalue weighted by atomic mass is 10.2. The first-order valence-corrected chi connectivity index (χ1v) is 13.5. The first kappa shape index (κ1) is 30.1. The maximum Gasteiger partial charge on any atom is 0.417 e. The Bertz CT molecular complexity index is 1700. The van der Waals surface area contributed by atoms with Crippen molar-refractivity contribution in [3.63, 3.8) is 0 Å². The molecule has 1 aliphatic rings. The molecule has 0 spiro atoms. The van der Waals surface area contributed by atoms with E-state index in [1.54, 1.807) is 25.4 Å². The number of aromatic nitrogens is 5. The van der Waals surface area contributed by atoms with Crippen LogP contribution >= 0.6 is 11.6 Å². The molecule has 0 aromatic carbocycles. The summed E-state index contributed by atoms with van der Waals surface area (Å²) in [4.78, 5) is 27.7. The summed E-state index contributed by atoms with van der Waals surface area (Å²) in [6.07, 6.45) is 0.181. The molecule has 5 rings (SSSR count). The van der Waals surface area contributed by atoms with Gasteiger partial charge >= 0.3 is 6.18 Å². The molecule has 43 heavy (non-hydrogen) atoms. The van der Waals surface area contributed by atoms with Gasteiger partial charge in [0.1, 0.15) is 34.3 Å². The summed E-state index contributed by atoms with van der Waals surface area (Å²) >= 11 is 6.65. The Morgan fingerprint density at radius 2 is 1.98 bits per heavy atom. The molecule has 0 amide bonds. The highest BCUT2D eigenvalue weighted by atomic mass is 35.5. The van der Waals surface area contributed by atoms with Crippen molar-refractivity contribution in [1.29, 1.82) is 0 Å². The SMILES string of the molecule is Cn1cc(C(F)(F)F)cc(Nc2nc3ncc(OC(=CN)c4ccc(OCCN5CCOCC5)cn4)c(Cl)c3n2C)c1=O. The largest absolute Gasteiger partial charge is 0.491 e. The number of fused-ring (bicyclic) bond motifs is 1. The molecule has 12 nitrogen and oxygen atoms in total. The minimum atomic E-state index is -4.65. The second kappa shape index (κ2) is 12.5. The Morgan fingerprint density at radius 1 is 1.21 bits per heavy atom. The number of nitrogens with two attached hydrogens (primary N) is 1. The number of morpholine rings is 1. The molecule has 0 radical (unpaired) electrons. The van der Waals surface area contributed by atoms with Crippen LogP contribution in [0.1, 0.15) is 11.3 Å². The number of imidazole rings is 1. The van der Waals surface area contributed by atoms with E-state index in [9.17, 15) is 18.0 Å². The average molecular weight is 621 g/mol. The third-order valence-electron chi connectivity index (χ3n) is 6.70. The quantitative estimate of drug-likeness (QED) is 0.268.